The summed E-state index contributed by atoms with van der Waals surface area (Å²) >= 11 is 0. The SMILES string of the molecule is CCCCCCCNC(=O)OC[C@H]1OC(OC)[C@H](O)[C@@H](O)[C@@H]1O. The Kier molecular flexibility index (Phi) is 9.42. The highest BCUT2D eigenvalue weighted by Crippen LogP contribution is 2.21. The molecule has 4 N–H and O–H groups in total. The molecular weight excluding hydrogens is 306 g/mol. The fraction of sp³-hybridized carbons (Fsp3) is 0.933. The molecule has 136 valence electrons. The Morgan fingerprint density at radius 1 is 1.09 bits per heavy atom. The van der Waals surface area contributed by atoms with E-state index < -0.39 is 36.8 Å². The summed E-state index contributed by atoms with van der Waals surface area (Å²) in [5.41, 5.74) is 0. The van der Waals surface area contributed by atoms with E-state index >= 15 is 0 Å². The van der Waals surface area contributed by atoms with Gasteiger partial charge < -0.3 is 34.8 Å². The standard InChI is InChI=1S/C15H29NO7/c1-3-4-5-6-7-8-16-15(20)22-9-10-11(17)12(18)13(19)14(21-2)23-10/h10-14,17-19H,3-9H2,1-2H3,(H,16,20)/t10-,11-,12+,13-,14?/m1/s1. The van der Waals surface area contributed by atoms with Crippen LogP contribution < -0.4 is 5.32 Å². The van der Waals surface area contributed by atoms with E-state index in [0.717, 1.165) is 19.3 Å². The highest BCUT2D eigenvalue weighted by Gasteiger charge is 2.44. The minimum atomic E-state index is -1.43. The number of ether oxygens (including phenoxy) is 3. The van der Waals surface area contributed by atoms with Crippen molar-refractivity contribution in [1.29, 1.82) is 0 Å². The van der Waals surface area contributed by atoms with Gasteiger partial charge in [-0.15, -0.1) is 0 Å². The van der Waals surface area contributed by atoms with E-state index in [9.17, 15) is 20.1 Å². The van der Waals surface area contributed by atoms with Crippen molar-refractivity contribution in [1.82, 2.24) is 5.32 Å². The van der Waals surface area contributed by atoms with Gasteiger partial charge in [-0.3, -0.25) is 0 Å². The summed E-state index contributed by atoms with van der Waals surface area (Å²) in [6.07, 6.45) is -1.35. The number of carbonyl (C=O) groups is 1. The summed E-state index contributed by atoms with van der Waals surface area (Å²) < 4.78 is 15.1. The van der Waals surface area contributed by atoms with E-state index in [1.165, 1.54) is 20.0 Å². The zero-order chi connectivity index (χ0) is 17.2. The van der Waals surface area contributed by atoms with Crippen LogP contribution in [0, 0.1) is 0 Å². The monoisotopic (exact) mass is 335 g/mol. The molecule has 8 nitrogen and oxygen atoms in total. The topological polar surface area (TPSA) is 117 Å². The van der Waals surface area contributed by atoms with Crippen molar-refractivity contribution in [3.63, 3.8) is 0 Å². The summed E-state index contributed by atoms with van der Waals surface area (Å²) in [6, 6.07) is 0. The van der Waals surface area contributed by atoms with E-state index in [4.69, 9.17) is 14.2 Å². The van der Waals surface area contributed by atoms with E-state index in [2.05, 4.69) is 12.2 Å². The zero-order valence-electron chi connectivity index (χ0n) is 13.8. The number of aliphatic hydroxyl groups is 3. The van der Waals surface area contributed by atoms with Crippen LogP contribution >= 0.6 is 0 Å². The second kappa shape index (κ2) is 10.8. The van der Waals surface area contributed by atoms with Gasteiger partial charge in [0.2, 0.25) is 0 Å². The summed E-state index contributed by atoms with van der Waals surface area (Å²) in [6.45, 7) is 2.42. The van der Waals surface area contributed by atoms with E-state index in [1.807, 2.05) is 0 Å². The fourth-order valence-electron chi connectivity index (χ4n) is 2.38. The third-order valence-corrected chi connectivity index (χ3v) is 3.83. The maximum Gasteiger partial charge on any atom is 0.407 e. The van der Waals surface area contributed by atoms with Gasteiger partial charge in [0.1, 0.15) is 31.0 Å². The molecule has 0 spiro atoms. The molecule has 0 radical (unpaired) electrons. The van der Waals surface area contributed by atoms with Gasteiger partial charge in [0.05, 0.1) is 0 Å². The second-order valence-corrected chi connectivity index (χ2v) is 5.69. The quantitative estimate of drug-likeness (QED) is 0.443. The second-order valence-electron chi connectivity index (χ2n) is 5.69. The first-order valence-corrected chi connectivity index (χ1v) is 8.14. The number of hydrogen-bond acceptors (Lipinski definition) is 7. The van der Waals surface area contributed by atoms with Crippen LogP contribution in [0.15, 0.2) is 0 Å². The molecule has 1 unspecified atom stereocenters. The Bertz CT molecular complexity index is 340. The van der Waals surface area contributed by atoms with Crippen molar-refractivity contribution in [2.75, 3.05) is 20.3 Å². The lowest BCUT2D eigenvalue weighted by Crippen LogP contribution is -2.59. The highest BCUT2D eigenvalue weighted by atomic mass is 16.7. The van der Waals surface area contributed by atoms with Crippen LogP contribution in [0.1, 0.15) is 39.0 Å². The lowest BCUT2D eigenvalue weighted by Gasteiger charge is -2.39. The number of aliphatic hydroxyl groups excluding tert-OH is 3. The Morgan fingerprint density at radius 2 is 1.78 bits per heavy atom. The van der Waals surface area contributed by atoms with Crippen LogP contribution in [0.25, 0.3) is 0 Å². The summed E-state index contributed by atoms with van der Waals surface area (Å²) in [7, 11) is 1.31. The predicted octanol–water partition coefficient (Wildman–Crippen LogP) is 0.137. The third kappa shape index (κ3) is 6.60. The van der Waals surface area contributed by atoms with Gasteiger partial charge >= 0.3 is 6.09 Å². The predicted molar refractivity (Wildman–Crippen MR) is 81.8 cm³/mol. The van der Waals surface area contributed by atoms with Gasteiger partial charge in [0.15, 0.2) is 6.29 Å². The summed E-state index contributed by atoms with van der Waals surface area (Å²) in [4.78, 5) is 11.6. The molecule has 1 heterocycles. The van der Waals surface area contributed by atoms with Crippen molar-refractivity contribution in [2.45, 2.75) is 69.7 Å². The van der Waals surface area contributed by atoms with Crippen molar-refractivity contribution in [2.24, 2.45) is 0 Å². The molecule has 1 aliphatic rings. The first-order valence-electron chi connectivity index (χ1n) is 8.14. The minimum Gasteiger partial charge on any atom is -0.447 e. The molecule has 1 amide bonds. The molecule has 1 aliphatic heterocycles. The van der Waals surface area contributed by atoms with Crippen molar-refractivity contribution in [3.05, 3.63) is 0 Å². The maximum absolute atomic E-state index is 11.6. The van der Waals surface area contributed by atoms with Gasteiger partial charge in [0.25, 0.3) is 0 Å². The van der Waals surface area contributed by atoms with Crippen molar-refractivity contribution >= 4 is 6.09 Å². The smallest absolute Gasteiger partial charge is 0.407 e. The fourth-order valence-corrected chi connectivity index (χ4v) is 2.38. The first kappa shape index (κ1) is 20.1. The van der Waals surface area contributed by atoms with Crippen LogP contribution in [0.5, 0.6) is 0 Å². The Hall–Kier alpha value is -0.930. The normalized spacial score (nSPS) is 30.9. The van der Waals surface area contributed by atoms with Crippen LogP contribution in [-0.4, -0.2) is 72.4 Å². The Labute approximate surface area is 136 Å². The van der Waals surface area contributed by atoms with E-state index in [0.29, 0.717) is 6.54 Å². The number of rotatable bonds is 9. The van der Waals surface area contributed by atoms with E-state index in [-0.39, 0.29) is 6.61 Å². The van der Waals surface area contributed by atoms with Gasteiger partial charge in [-0.1, -0.05) is 32.6 Å². The average Bonchev–Trinajstić information content (AvgIpc) is 2.55. The van der Waals surface area contributed by atoms with Gasteiger partial charge in [-0.25, -0.2) is 4.79 Å². The molecule has 8 heteroatoms. The molecule has 0 saturated carbocycles. The van der Waals surface area contributed by atoms with Crippen LogP contribution in [0.3, 0.4) is 0 Å². The van der Waals surface area contributed by atoms with Crippen molar-refractivity contribution < 1.29 is 34.3 Å². The summed E-state index contributed by atoms with van der Waals surface area (Å²) in [5.74, 6) is 0. The zero-order valence-corrected chi connectivity index (χ0v) is 13.8. The molecule has 1 fully saturated rings. The Balaban J connectivity index is 2.24. The molecule has 1 saturated heterocycles. The lowest BCUT2D eigenvalue weighted by atomic mass is 9.99. The molecule has 0 aromatic heterocycles. The van der Waals surface area contributed by atoms with Crippen LogP contribution in [0.2, 0.25) is 0 Å². The van der Waals surface area contributed by atoms with Crippen LogP contribution in [0.4, 0.5) is 4.79 Å². The summed E-state index contributed by atoms with van der Waals surface area (Å²) in [5, 5.41) is 31.8. The molecule has 23 heavy (non-hydrogen) atoms. The Morgan fingerprint density at radius 3 is 2.43 bits per heavy atom. The molecular formula is C15H29NO7. The molecule has 0 bridgehead atoms. The first-order chi connectivity index (χ1) is 11.0. The molecule has 0 aromatic rings. The average molecular weight is 335 g/mol. The molecule has 0 aromatic carbocycles. The van der Waals surface area contributed by atoms with Crippen molar-refractivity contribution in [3.8, 4) is 0 Å². The highest BCUT2D eigenvalue weighted by molar-refractivity contribution is 5.67. The van der Waals surface area contributed by atoms with Gasteiger partial charge in [-0.05, 0) is 6.42 Å². The largest absolute Gasteiger partial charge is 0.447 e. The number of nitrogens with one attached hydrogen (secondary N) is 1. The van der Waals surface area contributed by atoms with Gasteiger partial charge in [-0.2, -0.15) is 0 Å². The van der Waals surface area contributed by atoms with Crippen LogP contribution in [-0.2, 0) is 14.2 Å². The number of amides is 1. The van der Waals surface area contributed by atoms with Gasteiger partial charge in [0, 0.05) is 13.7 Å². The maximum atomic E-state index is 11.6. The number of alkyl carbamates (subject to hydrolysis) is 1. The molecule has 0 aliphatic carbocycles. The number of carbonyl (C=O) groups excluding carboxylic acids is 1. The number of hydrogen-bond donors (Lipinski definition) is 4. The third-order valence-electron chi connectivity index (χ3n) is 3.83. The number of unbranched alkanes of at least 4 members (excludes halogenated alkanes) is 4. The number of methoxy groups -OCH3 is 1. The molecule has 5 atom stereocenters. The minimum absolute atomic E-state index is 0.244. The van der Waals surface area contributed by atoms with E-state index in [1.54, 1.807) is 0 Å². The molecule has 1 rings (SSSR count). The lowest BCUT2D eigenvalue weighted by molar-refractivity contribution is -0.294.